The standard InChI is InChI=1S/C23H18Cl3N3O3/c24-17-5-1-16(2-6-17)14-32-19-8-3-15(4-9-19)13-27-29-23(31)12-22(30)28-18-7-10-20(25)21(26)11-18/h1-11,13H,12,14H2,(H,28,30)(H,29,31). The molecule has 0 heterocycles. The normalized spacial score (nSPS) is 10.7. The summed E-state index contributed by atoms with van der Waals surface area (Å²) in [5, 5.41) is 7.78. The van der Waals surface area contributed by atoms with Crippen LogP contribution in [0.5, 0.6) is 5.75 Å². The summed E-state index contributed by atoms with van der Waals surface area (Å²) in [6, 6.07) is 19.2. The molecule has 6 nitrogen and oxygen atoms in total. The predicted octanol–water partition coefficient (Wildman–Crippen LogP) is 5.70. The minimum Gasteiger partial charge on any atom is -0.489 e. The average Bonchev–Trinajstić information content (AvgIpc) is 2.77. The Kier molecular flexibility index (Phi) is 8.50. The Morgan fingerprint density at radius 2 is 1.59 bits per heavy atom. The number of amides is 2. The SMILES string of the molecule is O=C(CC(=O)Nc1ccc(Cl)c(Cl)c1)NN=Cc1ccc(OCc2ccc(Cl)cc2)cc1. The highest BCUT2D eigenvalue weighted by Crippen LogP contribution is 2.25. The Hall–Kier alpha value is -3.06. The molecule has 0 saturated carbocycles. The molecule has 3 aromatic carbocycles. The number of nitrogens with one attached hydrogen (secondary N) is 2. The number of rotatable bonds is 8. The van der Waals surface area contributed by atoms with Crippen molar-refractivity contribution in [2.45, 2.75) is 13.0 Å². The lowest BCUT2D eigenvalue weighted by Gasteiger charge is -2.07. The second-order valence-corrected chi connectivity index (χ2v) is 7.88. The van der Waals surface area contributed by atoms with Gasteiger partial charge in [0, 0.05) is 10.7 Å². The van der Waals surface area contributed by atoms with Crippen molar-refractivity contribution in [3.05, 3.63) is 92.9 Å². The molecule has 0 saturated heterocycles. The van der Waals surface area contributed by atoms with E-state index in [0.717, 1.165) is 11.1 Å². The van der Waals surface area contributed by atoms with Crippen LogP contribution in [0.3, 0.4) is 0 Å². The van der Waals surface area contributed by atoms with Gasteiger partial charge in [-0.2, -0.15) is 5.10 Å². The lowest BCUT2D eigenvalue weighted by Crippen LogP contribution is -2.24. The number of anilines is 1. The van der Waals surface area contributed by atoms with E-state index in [4.69, 9.17) is 39.5 Å². The van der Waals surface area contributed by atoms with Crippen LogP contribution in [-0.4, -0.2) is 18.0 Å². The first-order valence-electron chi connectivity index (χ1n) is 9.43. The first kappa shape index (κ1) is 23.6. The second-order valence-electron chi connectivity index (χ2n) is 6.63. The molecule has 0 aliphatic carbocycles. The van der Waals surface area contributed by atoms with E-state index in [1.54, 1.807) is 36.4 Å². The number of carbonyl (C=O) groups is 2. The Balaban J connectivity index is 1.42. The topological polar surface area (TPSA) is 79.8 Å². The van der Waals surface area contributed by atoms with Gasteiger partial charge >= 0.3 is 0 Å². The molecular weight excluding hydrogens is 473 g/mol. The summed E-state index contributed by atoms with van der Waals surface area (Å²) in [6.45, 7) is 0.422. The number of hydrogen-bond acceptors (Lipinski definition) is 4. The number of hydrogen-bond donors (Lipinski definition) is 2. The van der Waals surface area contributed by atoms with Gasteiger partial charge in [-0.1, -0.05) is 46.9 Å². The molecule has 0 atom stereocenters. The monoisotopic (exact) mass is 489 g/mol. The van der Waals surface area contributed by atoms with E-state index in [1.165, 1.54) is 12.3 Å². The summed E-state index contributed by atoms with van der Waals surface area (Å²) in [4.78, 5) is 23.8. The fraction of sp³-hybridized carbons (Fsp3) is 0.0870. The van der Waals surface area contributed by atoms with Gasteiger partial charge in [0.25, 0.3) is 0 Å². The highest BCUT2D eigenvalue weighted by atomic mass is 35.5. The van der Waals surface area contributed by atoms with Crippen molar-refractivity contribution in [3.8, 4) is 5.75 Å². The highest BCUT2D eigenvalue weighted by molar-refractivity contribution is 6.42. The van der Waals surface area contributed by atoms with Gasteiger partial charge < -0.3 is 10.1 Å². The smallest absolute Gasteiger partial charge is 0.249 e. The number of ether oxygens (including phenoxy) is 1. The van der Waals surface area contributed by atoms with Gasteiger partial charge in [0.05, 0.1) is 16.3 Å². The third kappa shape index (κ3) is 7.57. The summed E-state index contributed by atoms with van der Waals surface area (Å²) in [6.07, 6.45) is 1.08. The fourth-order valence-electron chi connectivity index (χ4n) is 2.54. The first-order chi connectivity index (χ1) is 15.4. The Labute approximate surface area is 200 Å². The van der Waals surface area contributed by atoms with Crippen molar-refractivity contribution in [2.75, 3.05) is 5.32 Å². The third-order valence-corrected chi connectivity index (χ3v) is 5.12. The fourth-order valence-corrected chi connectivity index (χ4v) is 2.96. The number of carbonyl (C=O) groups excluding carboxylic acids is 2. The molecular formula is C23H18Cl3N3O3. The molecule has 164 valence electrons. The molecule has 0 radical (unpaired) electrons. The van der Waals surface area contributed by atoms with E-state index < -0.39 is 18.2 Å². The van der Waals surface area contributed by atoms with E-state index in [9.17, 15) is 9.59 Å². The van der Waals surface area contributed by atoms with Gasteiger partial charge in [-0.3, -0.25) is 9.59 Å². The zero-order valence-electron chi connectivity index (χ0n) is 16.6. The molecule has 9 heteroatoms. The van der Waals surface area contributed by atoms with Crippen LogP contribution in [0.15, 0.2) is 71.8 Å². The van der Waals surface area contributed by atoms with Crippen molar-refractivity contribution in [2.24, 2.45) is 5.10 Å². The molecule has 0 fully saturated rings. The van der Waals surface area contributed by atoms with Crippen molar-refractivity contribution < 1.29 is 14.3 Å². The van der Waals surface area contributed by atoms with Crippen molar-refractivity contribution in [3.63, 3.8) is 0 Å². The van der Waals surface area contributed by atoms with Crippen LogP contribution in [0, 0.1) is 0 Å². The molecule has 0 spiro atoms. The number of nitrogens with zero attached hydrogens (tertiary/aromatic N) is 1. The van der Waals surface area contributed by atoms with Crippen molar-refractivity contribution in [1.82, 2.24) is 5.43 Å². The van der Waals surface area contributed by atoms with Crippen molar-refractivity contribution >= 4 is 58.5 Å². The first-order valence-corrected chi connectivity index (χ1v) is 10.6. The summed E-state index contributed by atoms with van der Waals surface area (Å²) >= 11 is 17.6. The van der Waals surface area contributed by atoms with E-state index in [2.05, 4.69) is 15.8 Å². The number of halogens is 3. The lowest BCUT2D eigenvalue weighted by molar-refractivity contribution is -0.126. The second kappa shape index (κ2) is 11.5. The molecule has 2 amide bonds. The zero-order valence-corrected chi connectivity index (χ0v) is 18.9. The van der Waals surface area contributed by atoms with Crippen LogP contribution in [0.2, 0.25) is 15.1 Å². The predicted molar refractivity (Wildman–Crippen MR) is 128 cm³/mol. The average molecular weight is 491 g/mol. The summed E-state index contributed by atoms with van der Waals surface area (Å²) in [7, 11) is 0. The van der Waals surface area contributed by atoms with E-state index >= 15 is 0 Å². The molecule has 3 rings (SSSR count). The third-order valence-electron chi connectivity index (χ3n) is 4.13. The summed E-state index contributed by atoms with van der Waals surface area (Å²) in [5.74, 6) is -0.361. The van der Waals surface area contributed by atoms with Crippen LogP contribution in [0.25, 0.3) is 0 Å². The van der Waals surface area contributed by atoms with E-state index in [0.29, 0.717) is 33.1 Å². The minimum atomic E-state index is -0.554. The molecule has 0 bridgehead atoms. The van der Waals surface area contributed by atoms with Crippen LogP contribution >= 0.6 is 34.8 Å². The molecule has 32 heavy (non-hydrogen) atoms. The number of benzene rings is 3. The van der Waals surface area contributed by atoms with Crippen LogP contribution in [0.4, 0.5) is 5.69 Å². The van der Waals surface area contributed by atoms with E-state index in [1.807, 2.05) is 24.3 Å². The van der Waals surface area contributed by atoms with Crippen molar-refractivity contribution in [1.29, 1.82) is 0 Å². The maximum Gasteiger partial charge on any atom is 0.249 e. The van der Waals surface area contributed by atoms with Crippen LogP contribution in [0.1, 0.15) is 17.5 Å². The number of hydrazone groups is 1. The molecule has 0 aromatic heterocycles. The molecule has 0 unspecified atom stereocenters. The summed E-state index contributed by atoms with van der Waals surface area (Å²) < 4.78 is 5.72. The largest absolute Gasteiger partial charge is 0.489 e. The van der Waals surface area contributed by atoms with Crippen LogP contribution < -0.4 is 15.5 Å². The molecule has 0 aliphatic heterocycles. The summed E-state index contributed by atoms with van der Waals surface area (Å²) in [5.41, 5.74) is 4.52. The van der Waals surface area contributed by atoms with Gasteiger partial charge in [-0.25, -0.2) is 5.43 Å². The van der Waals surface area contributed by atoms with Gasteiger partial charge in [-0.15, -0.1) is 0 Å². The van der Waals surface area contributed by atoms with Gasteiger partial charge in [0.15, 0.2) is 0 Å². The maximum atomic E-state index is 12.0. The van der Waals surface area contributed by atoms with Gasteiger partial charge in [-0.05, 0) is 65.7 Å². The maximum absolute atomic E-state index is 12.0. The van der Waals surface area contributed by atoms with Gasteiger partial charge in [0.1, 0.15) is 18.8 Å². The van der Waals surface area contributed by atoms with E-state index in [-0.39, 0.29) is 0 Å². The Bertz CT molecular complexity index is 1120. The highest BCUT2D eigenvalue weighted by Gasteiger charge is 2.10. The molecule has 2 N–H and O–H groups in total. The minimum absolute atomic E-state index is 0.305. The van der Waals surface area contributed by atoms with Gasteiger partial charge in [0.2, 0.25) is 11.8 Å². The molecule has 3 aromatic rings. The molecule has 0 aliphatic rings. The quantitative estimate of drug-likeness (QED) is 0.241. The Morgan fingerprint density at radius 1 is 0.875 bits per heavy atom. The zero-order chi connectivity index (χ0) is 22.9. The lowest BCUT2D eigenvalue weighted by atomic mass is 10.2. The van der Waals surface area contributed by atoms with Crippen LogP contribution in [-0.2, 0) is 16.2 Å². The Morgan fingerprint density at radius 3 is 2.28 bits per heavy atom.